The molecule has 0 fully saturated rings. The summed E-state index contributed by atoms with van der Waals surface area (Å²) in [6.45, 7) is 1.96. The molecule has 2 heterocycles. The van der Waals surface area contributed by atoms with Crippen molar-refractivity contribution in [3.8, 4) is 17.3 Å². The number of furan rings is 1. The van der Waals surface area contributed by atoms with Gasteiger partial charge < -0.3 is 13.6 Å². The Morgan fingerprint density at radius 2 is 1.89 bits per heavy atom. The number of rotatable bonds is 5. The van der Waals surface area contributed by atoms with Gasteiger partial charge in [0.25, 0.3) is 5.69 Å². The second kappa shape index (κ2) is 7.03. The van der Waals surface area contributed by atoms with Crippen LogP contribution in [0.15, 0.2) is 74.5 Å². The predicted octanol–water partition coefficient (Wildman–Crippen LogP) is 4.85. The molecule has 0 aliphatic heterocycles. The third kappa shape index (κ3) is 3.25. The van der Waals surface area contributed by atoms with Crippen LogP contribution in [0.5, 0.6) is 5.75 Å². The van der Waals surface area contributed by atoms with Crippen molar-refractivity contribution >= 4 is 16.7 Å². The van der Waals surface area contributed by atoms with Crippen molar-refractivity contribution in [1.29, 1.82) is 0 Å². The Labute approximate surface area is 158 Å². The largest absolute Gasteiger partial charge is 0.481 e. The first-order valence-electron chi connectivity index (χ1n) is 8.50. The normalized spacial score (nSPS) is 10.9. The maximum atomic E-state index is 13.0. The number of aryl methyl sites for hydroxylation is 1. The first-order valence-corrected chi connectivity index (χ1v) is 8.50. The number of nitro benzene ring substituents is 1. The maximum absolute atomic E-state index is 13.0. The third-order valence-electron chi connectivity index (χ3n) is 4.28. The van der Waals surface area contributed by atoms with E-state index in [0.717, 1.165) is 5.56 Å². The molecule has 0 N–H and O–H groups in total. The monoisotopic (exact) mass is 377 g/mol. The highest BCUT2D eigenvalue weighted by atomic mass is 16.6. The van der Waals surface area contributed by atoms with Crippen molar-refractivity contribution in [1.82, 2.24) is 0 Å². The lowest BCUT2D eigenvalue weighted by atomic mass is 10.1. The smallest absolute Gasteiger partial charge is 0.269 e. The number of hydrogen-bond donors (Lipinski definition) is 0. The van der Waals surface area contributed by atoms with Crippen molar-refractivity contribution < 1.29 is 18.5 Å². The Kier molecular flexibility index (Phi) is 4.41. The van der Waals surface area contributed by atoms with Crippen LogP contribution < -0.4 is 10.2 Å². The average Bonchev–Trinajstić information content (AvgIpc) is 3.22. The Morgan fingerprint density at radius 3 is 2.57 bits per heavy atom. The lowest BCUT2D eigenvalue weighted by molar-refractivity contribution is -0.384. The van der Waals surface area contributed by atoms with Crippen LogP contribution in [0.3, 0.4) is 0 Å². The molecular formula is C21H15NO6. The lowest BCUT2D eigenvalue weighted by Crippen LogP contribution is -2.10. The number of nitro groups is 1. The standard InChI is InChI=1S/C21H15NO6/c1-13-4-9-16-18(11-13)28-20(17-3-2-10-26-17)21(19(16)23)27-12-14-5-7-15(8-6-14)22(24)25/h2-11H,12H2,1H3. The molecule has 7 heteroatoms. The molecule has 4 rings (SSSR count). The van der Waals surface area contributed by atoms with Crippen LogP contribution in [0.4, 0.5) is 5.69 Å². The number of benzene rings is 2. The Hall–Kier alpha value is -3.87. The molecule has 2 aromatic carbocycles. The van der Waals surface area contributed by atoms with Crippen molar-refractivity contribution in [2.45, 2.75) is 13.5 Å². The van der Waals surface area contributed by atoms with Crippen LogP contribution in [-0.4, -0.2) is 4.92 Å². The summed E-state index contributed by atoms with van der Waals surface area (Å²) in [7, 11) is 0. The van der Waals surface area contributed by atoms with Crippen molar-refractivity contribution in [2.24, 2.45) is 0 Å². The fourth-order valence-corrected chi connectivity index (χ4v) is 2.85. The quantitative estimate of drug-likeness (QED) is 0.364. The zero-order chi connectivity index (χ0) is 19.7. The van der Waals surface area contributed by atoms with E-state index in [1.165, 1.54) is 18.4 Å². The number of ether oxygens (including phenoxy) is 1. The summed E-state index contributed by atoms with van der Waals surface area (Å²) in [4.78, 5) is 23.3. The minimum Gasteiger partial charge on any atom is -0.481 e. The van der Waals surface area contributed by atoms with Crippen molar-refractivity contribution in [3.05, 3.63) is 92.3 Å². The van der Waals surface area contributed by atoms with Gasteiger partial charge in [0.1, 0.15) is 12.2 Å². The topological polar surface area (TPSA) is 95.7 Å². The average molecular weight is 377 g/mol. The molecule has 28 heavy (non-hydrogen) atoms. The molecule has 0 radical (unpaired) electrons. The van der Waals surface area contributed by atoms with Crippen LogP contribution in [-0.2, 0) is 6.61 Å². The van der Waals surface area contributed by atoms with Crippen LogP contribution in [0, 0.1) is 17.0 Å². The van der Waals surface area contributed by atoms with E-state index in [-0.39, 0.29) is 29.2 Å². The second-order valence-electron chi connectivity index (χ2n) is 6.28. The van der Waals surface area contributed by atoms with Gasteiger partial charge in [-0.15, -0.1) is 0 Å². The van der Waals surface area contributed by atoms with Gasteiger partial charge in [-0.2, -0.15) is 0 Å². The van der Waals surface area contributed by atoms with Gasteiger partial charge in [0.05, 0.1) is 16.6 Å². The molecule has 2 aromatic heterocycles. The van der Waals surface area contributed by atoms with Gasteiger partial charge in [-0.3, -0.25) is 14.9 Å². The van der Waals surface area contributed by atoms with E-state index in [1.54, 1.807) is 36.4 Å². The van der Waals surface area contributed by atoms with E-state index < -0.39 is 4.92 Å². The van der Waals surface area contributed by atoms with Gasteiger partial charge in [-0.05, 0) is 54.4 Å². The molecule has 0 spiro atoms. The van der Waals surface area contributed by atoms with Gasteiger partial charge in [0.2, 0.25) is 16.9 Å². The summed E-state index contributed by atoms with van der Waals surface area (Å²) in [5, 5.41) is 11.2. The maximum Gasteiger partial charge on any atom is 0.269 e. The number of fused-ring (bicyclic) bond motifs is 1. The van der Waals surface area contributed by atoms with Gasteiger partial charge in [-0.25, -0.2) is 0 Å². The summed E-state index contributed by atoms with van der Waals surface area (Å²) in [5.74, 6) is 0.610. The molecule has 0 aliphatic rings. The molecular weight excluding hydrogens is 362 g/mol. The van der Waals surface area contributed by atoms with E-state index in [0.29, 0.717) is 22.3 Å². The lowest BCUT2D eigenvalue weighted by Gasteiger charge is -2.10. The predicted molar refractivity (Wildman–Crippen MR) is 102 cm³/mol. The molecule has 0 unspecified atom stereocenters. The summed E-state index contributed by atoms with van der Waals surface area (Å²) in [5.41, 5.74) is 1.76. The molecule has 0 aliphatic carbocycles. The summed E-state index contributed by atoms with van der Waals surface area (Å²) in [6, 6.07) is 14.6. The fourth-order valence-electron chi connectivity index (χ4n) is 2.85. The van der Waals surface area contributed by atoms with E-state index in [9.17, 15) is 14.9 Å². The van der Waals surface area contributed by atoms with Crippen LogP contribution in [0.25, 0.3) is 22.5 Å². The molecule has 0 saturated carbocycles. The summed E-state index contributed by atoms with van der Waals surface area (Å²) >= 11 is 0. The first kappa shape index (κ1) is 17.5. The van der Waals surface area contributed by atoms with Crippen molar-refractivity contribution in [2.75, 3.05) is 0 Å². The molecule has 7 nitrogen and oxygen atoms in total. The highest BCUT2D eigenvalue weighted by Crippen LogP contribution is 2.32. The van der Waals surface area contributed by atoms with Gasteiger partial charge in [0, 0.05) is 12.1 Å². The van der Waals surface area contributed by atoms with Crippen LogP contribution >= 0.6 is 0 Å². The van der Waals surface area contributed by atoms with E-state index in [2.05, 4.69) is 0 Å². The van der Waals surface area contributed by atoms with Gasteiger partial charge >= 0.3 is 0 Å². The highest BCUT2D eigenvalue weighted by molar-refractivity contribution is 5.81. The van der Waals surface area contributed by atoms with Gasteiger partial charge in [-0.1, -0.05) is 6.07 Å². The third-order valence-corrected chi connectivity index (χ3v) is 4.28. The van der Waals surface area contributed by atoms with Crippen molar-refractivity contribution in [3.63, 3.8) is 0 Å². The molecule has 0 atom stereocenters. The molecule has 0 bridgehead atoms. The SMILES string of the molecule is Cc1ccc2c(=O)c(OCc3ccc([N+](=O)[O-])cc3)c(-c3ccco3)oc2c1. The highest BCUT2D eigenvalue weighted by Gasteiger charge is 2.20. The second-order valence-corrected chi connectivity index (χ2v) is 6.28. The number of hydrogen-bond acceptors (Lipinski definition) is 6. The zero-order valence-electron chi connectivity index (χ0n) is 14.9. The molecule has 0 amide bonds. The molecule has 140 valence electrons. The Morgan fingerprint density at radius 1 is 1.11 bits per heavy atom. The van der Waals surface area contributed by atoms with Crippen LogP contribution in [0.1, 0.15) is 11.1 Å². The van der Waals surface area contributed by atoms with E-state index in [4.69, 9.17) is 13.6 Å². The summed E-state index contributed by atoms with van der Waals surface area (Å²) in [6.07, 6.45) is 1.48. The summed E-state index contributed by atoms with van der Waals surface area (Å²) < 4.78 is 17.1. The molecule has 4 aromatic rings. The zero-order valence-corrected chi connectivity index (χ0v) is 14.9. The van der Waals surface area contributed by atoms with E-state index >= 15 is 0 Å². The minimum atomic E-state index is -0.473. The van der Waals surface area contributed by atoms with E-state index in [1.807, 2.05) is 13.0 Å². The minimum absolute atomic E-state index is 0.0133. The number of nitrogens with zero attached hydrogens (tertiary/aromatic N) is 1. The number of non-ortho nitro benzene ring substituents is 1. The molecule has 0 saturated heterocycles. The Bertz CT molecular complexity index is 1210. The van der Waals surface area contributed by atoms with Gasteiger partial charge in [0.15, 0.2) is 5.76 Å². The fraction of sp³-hybridized carbons (Fsp3) is 0.0952. The Balaban J connectivity index is 1.75. The van der Waals surface area contributed by atoms with Crippen LogP contribution in [0.2, 0.25) is 0 Å². The first-order chi connectivity index (χ1) is 13.5.